The summed E-state index contributed by atoms with van der Waals surface area (Å²) in [6.07, 6.45) is 2.19. The van der Waals surface area contributed by atoms with Crippen molar-refractivity contribution in [3.8, 4) is 11.5 Å². The van der Waals surface area contributed by atoms with Crippen molar-refractivity contribution in [3.05, 3.63) is 53.6 Å². The van der Waals surface area contributed by atoms with Crippen molar-refractivity contribution in [2.24, 2.45) is 0 Å². The molecule has 3 heteroatoms. The van der Waals surface area contributed by atoms with Crippen molar-refractivity contribution in [2.45, 2.75) is 18.9 Å². The second kappa shape index (κ2) is 5.45. The van der Waals surface area contributed by atoms with Crippen molar-refractivity contribution >= 4 is 5.69 Å². The molecule has 104 valence electrons. The maximum Gasteiger partial charge on any atom is 0.120 e. The lowest BCUT2D eigenvalue weighted by atomic mass is 9.93. The van der Waals surface area contributed by atoms with Gasteiger partial charge in [0.2, 0.25) is 0 Å². The van der Waals surface area contributed by atoms with Crippen molar-refractivity contribution in [2.75, 3.05) is 19.5 Å². The zero-order valence-electron chi connectivity index (χ0n) is 11.8. The van der Waals surface area contributed by atoms with Crippen LogP contribution in [0.3, 0.4) is 0 Å². The summed E-state index contributed by atoms with van der Waals surface area (Å²) in [4.78, 5) is 0. The fraction of sp³-hybridized carbons (Fsp3) is 0.294. The summed E-state index contributed by atoms with van der Waals surface area (Å²) in [5, 5.41) is 3.60. The molecule has 0 saturated carbocycles. The minimum Gasteiger partial charge on any atom is -0.497 e. The van der Waals surface area contributed by atoms with Gasteiger partial charge >= 0.3 is 0 Å². The molecule has 0 fully saturated rings. The number of aryl methyl sites for hydroxylation is 1. The van der Waals surface area contributed by atoms with E-state index in [1.165, 1.54) is 16.8 Å². The van der Waals surface area contributed by atoms with E-state index in [9.17, 15) is 0 Å². The molecule has 1 heterocycles. The Hall–Kier alpha value is -2.16. The third-order valence-corrected chi connectivity index (χ3v) is 3.87. The maximum absolute atomic E-state index is 5.29. The van der Waals surface area contributed by atoms with Crippen molar-refractivity contribution < 1.29 is 9.47 Å². The molecule has 3 rings (SSSR count). The molecule has 20 heavy (non-hydrogen) atoms. The summed E-state index contributed by atoms with van der Waals surface area (Å²) in [6.45, 7) is 0. The number of ether oxygens (including phenoxy) is 2. The van der Waals surface area contributed by atoms with E-state index in [4.69, 9.17) is 9.47 Å². The molecule has 1 aliphatic heterocycles. The number of hydrogen-bond acceptors (Lipinski definition) is 3. The van der Waals surface area contributed by atoms with E-state index < -0.39 is 0 Å². The summed E-state index contributed by atoms with van der Waals surface area (Å²) < 4.78 is 10.5. The average Bonchev–Trinajstić information content (AvgIpc) is 2.54. The first-order valence-electron chi connectivity index (χ1n) is 6.87. The molecule has 0 aliphatic carbocycles. The summed E-state index contributed by atoms with van der Waals surface area (Å²) in [5.41, 5.74) is 3.83. The Labute approximate surface area is 119 Å². The Morgan fingerprint density at radius 3 is 2.35 bits per heavy atom. The van der Waals surface area contributed by atoms with Crippen LogP contribution in [0.4, 0.5) is 5.69 Å². The fourth-order valence-electron chi connectivity index (χ4n) is 2.68. The lowest BCUT2D eigenvalue weighted by Crippen LogP contribution is -2.17. The van der Waals surface area contributed by atoms with E-state index in [0.717, 1.165) is 24.3 Å². The molecule has 2 aromatic carbocycles. The minimum atomic E-state index is 0.348. The average molecular weight is 269 g/mol. The predicted octanol–water partition coefficient (Wildman–Crippen LogP) is 3.80. The highest BCUT2D eigenvalue weighted by molar-refractivity contribution is 5.58. The summed E-state index contributed by atoms with van der Waals surface area (Å²) in [6, 6.07) is 14.9. The zero-order chi connectivity index (χ0) is 13.9. The summed E-state index contributed by atoms with van der Waals surface area (Å²) in [5.74, 6) is 1.79. The van der Waals surface area contributed by atoms with Crippen LogP contribution >= 0.6 is 0 Å². The Morgan fingerprint density at radius 1 is 0.950 bits per heavy atom. The van der Waals surface area contributed by atoms with Gasteiger partial charge in [-0.15, -0.1) is 0 Å². The highest BCUT2D eigenvalue weighted by Crippen LogP contribution is 2.35. The topological polar surface area (TPSA) is 30.5 Å². The molecule has 0 amide bonds. The number of rotatable bonds is 3. The first-order chi connectivity index (χ1) is 9.80. The summed E-state index contributed by atoms with van der Waals surface area (Å²) >= 11 is 0. The van der Waals surface area contributed by atoms with Crippen LogP contribution in [0, 0.1) is 0 Å². The second-order valence-electron chi connectivity index (χ2n) is 5.03. The molecule has 3 nitrogen and oxygen atoms in total. The van der Waals surface area contributed by atoms with Gasteiger partial charge in [-0.2, -0.15) is 0 Å². The van der Waals surface area contributed by atoms with E-state index in [-0.39, 0.29) is 0 Å². The normalized spacial score (nSPS) is 17.0. The Morgan fingerprint density at radius 2 is 1.65 bits per heavy atom. The van der Waals surface area contributed by atoms with Crippen LogP contribution < -0.4 is 14.8 Å². The zero-order valence-corrected chi connectivity index (χ0v) is 11.8. The monoisotopic (exact) mass is 269 g/mol. The van der Waals surface area contributed by atoms with Gasteiger partial charge < -0.3 is 14.8 Å². The van der Waals surface area contributed by atoms with Crippen LogP contribution in [-0.2, 0) is 6.42 Å². The molecule has 0 aromatic heterocycles. The number of fused-ring (bicyclic) bond motifs is 1. The lowest BCUT2D eigenvalue weighted by Gasteiger charge is -2.28. The highest BCUT2D eigenvalue weighted by Gasteiger charge is 2.19. The molecule has 2 aromatic rings. The van der Waals surface area contributed by atoms with E-state index in [1.807, 2.05) is 18.2 Å². The fourth-order valence-corrected chi connectivity index (χ4v) is 2.68. The number of hydrogen-bond donors (Lipinski definition) is 1. The quantitative estimate of drug-likeness (QED) is 0.919. The highest BCUT2D eigenvalue weighted by atomic mass is 16.5. The molecule has 0 radical (unpaired) electrons. The van der Waals surface area contributed by atoms with Gasteiger partial charge in [0.25, 0.3) is 0 Å². The molecule has 1 aliphatic rings. The van der Waals surface area contributed by atoms with E-state index in [1.54, 1.807) is 14.2 Å². The minimum absolute atomic E-state index is 0.348. The van der Waals surface area contributed by atoms with Gasteiger partial charge in [0.05, 0.1) is 20.3 Å². The molecule has 0 saturated heterocycles. The molecular weight excluding hydrogens is 250 g/mol. The van der Waals surface area contributed by atoms with Crippen LogP contribution in [0.1, 0.15) is 23.6 Å². The first-order valence-corrected chi connectivity index (χ1v) is 6.87. The van der Waals surface area contributed by atoms with Crippen LogP contribution in [0.5, 0.6) is 11.5 Å². The molecule has 0 spiro atoms. The largest absolute Gasteiger partial charge is 0.497 e. The SMILES string of the molecule is COc1ccc([C@@H]2CCc3ccc(OC)cc3N2)cc1. The van der Waals surface area contributed by atoms with E-state index in [2.05, 4.69) is 29.6 Å². The van der Waals surface area contributed by atoms with Crippen LogP contribution in [0.15, 0.2) is 42.5 Å². The molecule has 1 N–H and O–H groups in total. The van der Waals surface area contributed by atoms with Gasteiger partial charge in [-0.3, -0.25) is 0 Å². The van der Waals surface area contributed by atoms with Crippen molar-refractivity contribution in [3.63, 3.8) is 0 Å². The van der Waals surface area contributed by atoms with Gasteiger partial charge in [0.15, 0.2) is 0 Å². The molecular formula is C17H19NO2. The Bertz CT molecular complexity index is 592. The van der Waals surface area contributed by atoms with Crippen LogP contribution in [0.25, 0.3) is 0 Å². The standard InChI is InChI=1S/C17H19NO2/c1-19-14-7-3-12(4-8-14)16-10-6-13-5-9-15(20-2)11-17(13)18-16/h3-5,7-9,11,16,18H,6,10H2,1-2H3/t16-/m0/s1. The van der Waals surface area contributed by atoms with Gasteiger partial charge in [-0.05, 0) is 42.2 Å². The predicted molar refractivity (Wildman–Crippen MR) is 80.7 cm³/mol. The number of nitrogens with one attached hydrogen (secondary N) is 1. The van der Waals surface area contributed by atoms with Crippen LogP contribution in [0.2, 0.25) is 0 Å². The summed E-state index contributed by atoms with van der Waals surface area (Å²) in [7, 11) is 3.39. The number of methoxy groups -OCH3 is 2. The molecule has 0 unspecified atom stereocenters. The van der Waals surface area contributed by atoms with Crippen molar-refractivity contribution in [1.82, 2.24) is 0 Å². The Balaban J connectivity index is 1.83. The van der Waals surface area contributed by atoms with Gasteiger partial charge in [0.1, 0.15) is 11.5 Å². The second-order valence-corrected chi connectivity index (χ2v) is 5.03. The third-order valence-electron chi connectivity index (χ3n) is 3.87. The van der Waals surface area contributed by atoms with Crippen molar-refractivity contribution in [1.29, 1.82) is 0 Å². The number of anilines is 1. The van der Waals surface area contributed by atoms with E-state index >= 15 is 0 Å². The van der Waals surface area contributed by atoms with E-state index in [0.29, 0.717) is 6.04 Å². The smallest absolute Gasteiger partial charge is 0.120 e. The lowest BCUT2D eigenvalue weighted by molar-refractivity contribution is 0.414. The van der Waals surface area contributed by atoms with Gasteiger partial charge in [-0.1, -0.05) is 18.2 Å². The Kier molecular flexibility index (Phi) is 3.50. The van der Waals surface area contributed by atoms with Crippen LogP contribution in [-0.4, -0.2) is 14.2 Å². The van der Waals surface area contributed by atoms with Gasteiger partial charge in [0, 0.05) is 11.8 Å². The maximum atomic E-state index is 5.29. The van der Waals surface area contributed by atoms with Gasteiger partial charge in [-0.25, -0.2) is 0 Å². The third kappa shape index (κ3) is 2.44. The molecule has 1 atom stereocenters. The number of benzene rings is 2. The first kappa shape index (κ1) is 12.9. The molecule has 0 bridgehead atoms.